The second-order valence-corrected chi connectivity index (χ2v) is 3.18. The molecule has 0 fully saturated rings. The molecule has 1 heterocycles. The van der Waals surface area contributed by atoms with Crippen LogP contribution in [0.1, 0.15) is 11.7 Å². The number of halogens is 3. The fraction of sp³-hybridized carbons (Fsp3) is 0.286. The minimum atomic E-state index is -2.57. The summed E-state index contributed by atoms with van der Waals surface area (Å²) in [5, 5.41) is 0. The first kappa shape index (κ1) is 9.54. The molecule has 12 heavy (non-hydrogen) atoms. The van der Waals surface area contributed by atoms with Gasteiger partial charge in [0, 0.05) is 10.7 Å². The summed E-state index contributed by atoms with van der Waals surface area (Å²) in [4.78, 5) is 3.75. The quantitative estimate of drug-likeness (QED) is 0.855. The van der Waals surface area contributed by atoms with E-state index in [1.54, 1.807) is 6.07 Å². The zero-order chi connectivity index (χ0) is 9.14. The number of nitrogens with zero attached hydrogens (tertiary/aromatic N) is 1. The number of nitrogens with two attached hydrogens (primary N) is 1. The van der Waals surface area contributed by atoms with Crippen molar-refractivity contribution in [2.24, 2.45) is 5.73 Å². The van der Waals surface area contributed by atoms with Crippen LogP contribution in [-0.4, -0.2) is 11.4 Å². The molecule has 0 spiro atoms. The summed E-state index contributed by atoms with van der Waals surface area (Å²) in [6.07, 6.45) is -1.13. The highest BCUT2D eigenvalue weighted by Crippen LogP contribution is 2.17. The third-order valence-electron chi connectivity index (χ3n) is 1.36. The van der Waals surface area contributed by atoms with E-state index in [1.807, 2.05) is 0 Å². The molecule has 0 aromatic carbocycles. The van der Waals surface area contributed by atoms with Crippen molar-refractivity contribution in [1.29, 1.82) is 0 Å². The van der Waals surface area contributed by atoms with Crippen LogP contribution in [0.4, 0.5) is 8.78 Å². The molecule has 0 aliphatic heterocycles. The normalized spacial score (nSPS) is 13.4. The largest absolute Gasteiger partial charge is 0.318 e. The topological polar surface area (TPSA) is 38.9 Å². The van der Waals surface area contributed by atoms with E-state index in [4.69, 9.17) is 5.73 Å². The summed E-state index contributed by atoms with van der Waals surface area (Å²) in [6.45, 7) is 0. The van der Waals surface area contributed by atoms with Crippen LogP contribution in [0.15, 0.2) is 22.8 Å². The van der Waals surface area contributed by atoms with Crippen molar-refractivity contribution in [3.63, 3.8) is 0 Å². The molecule has 5 heteroatoms. The Kier molecular flexibility index (Phi) is 3.11. The number of rotatable bonds is 2. The van der Waals surface area contributed by atoms with Crippen LogP contribution in [-0.2, 0) is 0 Å². The van der Waals surface area contributed by atoms with Gasteiger partial charge in [0.2, 0.25) is 0 Å². The summed E-state index contributed by atoms with van der Waals surface area (Å²) >= 11 is 3.14. The molecular weight excluding hydrogens is 230 g/mol. The number of aromatic nitrogens is 1. The van der Waals surface area contributed by atoms with E-state index in [0.717, 1.165) is 4.47 Å². The Morgan fingerprint density at radius 1 is 1.42 bits per heavy atom. The van der Waals surface area contributed by atoms with Gasteiger partial charge in [-0.25, -0.2) is 8.78 Å². The first-order valence-corrected chi connectivity index (χ1v) is 4.05. The van der Waals surface area contributed by atoms with E-state index in [-0.39, 0.29) is 5.69 Å². The van der Waals surface area contributed by atoms with Crippen LogP contribution in [0.5, 0.6) is 0 Å². The third-order valence-corrected chi connectivity index (χ3v) is 1.83. The Bertz CT molecular complexity index is 250. The maximum absolute atomic E-state index is 12.0. The van der Waals surface area contributed by atoms with Gasteiger partial charge in [-0.1, -0.05) is 0 Å². The van der Waals surface area contributed by atoms with Crippen molar-refractivity contribution in [3.8, 4) is 0 Å². The van der Waals surface area contributed by atoms with Gasteiger partial charge in [0.15, 0.2) is 0 Å². The molecular formula is C7H7BrF2N2. The molecule has 0 bridgehead atoms. The highest BCUT2D eigenvalue weighted by atomic mass is 79.9. The minimum Gasteiger partial charge on any atom is -0.318 e. The van der Waals surface area contributed by atoms with Gasteiger partial charge in [-0.15, -0.1) is 0 Å². The Morgan fingerprint density at radius 3 is 2.50 bits per heavy atom. The van der Waals surface area contributed by atoms with Gasteiger partial charge in [0.05, 0.1) is 5.69 Å². The standard InChI is InChI=1S/C7H7BrF2N2/c8-4-1-2-5(12-3-4)6(11)7(9)10/h1-3,6-7H,11H2. The highest BCUT2D eigenvalue weighted by molar-refractivity contribution is 9.10. The van der Waals surface area contributed by atoms with E-state index < -0.39 is 12.5 Å². The average molecular weight is 237 g/mol. The predicted octanol–water partition coefficient (Wildman–Crippen LogP) is 2.11. The lowest BCUT2D eigenvalue weighted by atomic mass is 10.2. The molecule has 66 valence electrons. The van der Waals surface area contributed by atoms with Crippen LogP contribution in [0.25, 0.3) is 0 Å². The maximum Gasteiger partial charge on any atom is 0.259 e. The lowest BCUT2D eigenvalue weighted by Gasteiger charge is -2.08. The van der Waals surface area contributed by atoms with Gasteiger partial charge in [-0.2, -0.15) is 0 Å². The molecule has 2 nitrogen and oxygen atoms in total. The molecule has 1 aromatic rings. The number of pyridine rings is 1. The molecule has 1 aromatic heterocycles. The fourth-order valence-corrected chi connectivity index (χ4v) is 0.948. The molecule has 1 unspecified atom stereocenters. The highest BCUT2D eigenvalue weighted by Gasteiger charge is 2.18. The van der Waals surface area contributed by atoms with Gasteiger partial charge in [-0.05, 0) is 28.1 Å². The first-order chi connectivity index (χ1) is 5.61. The lowest BCUT2D eigenvalue weighted by Crippen LogP contribution is -2.19. The molecule has 0 amide bonds. The van der Waals surface area contributed by atoms with Gasteiger partial charge in [0.1, 0.15) is 6.04 Å². The monoisotopic (exact) mass is 236 g/mol. The zero-order valence-electron chi connectivity index (χ0n) is 6.05. The Labute approximate surface area is 76.9 Å². The van der Waals surface area contributed by atoms with Gasteiger partial charge in [-0.3, -0.25) is 4.98 Å². The molecule has 0 aliphatic rings. The number of hydrogen-bond donors (Lipinski definition) is 1. The second-order valence-electron chi connectivity index (χ2n) is 2.26. The second kappa shape index (κ2) is 3.91. The summed E-state index contributed by atoms with van der Waals surface area (Å²) in [6, 6.07) is 1.81. The van der Waals surface area contributed by atoms with Crippen molar-refractivity contribution >= 4 is 15.9 Å². The van der Waals surface area contributed by atoms with Gasteiger partial charge in [0.25, 0.3) is 6.43 Å². The number of hydrogen-bond acceptors (Lipinski definition) is 2. The van der Waals surface area contributed by atoms with Crippen molar-refractivity contribution in [1.82, 2.24) is 4.98 Å². The first-order valence-electron chi connectivity index (χ1n) is 3.26. The van der Waals surface area contributed by atoms with Crippen molar-refractivity contribution < 1.29 is 8.78 Å². The summed E-state index contributed by atoms with van der Waals surface area (Å²) < 4.78 is 24.8. The van der Waals surface area contributed by atoms with E-state index in [0.29, 0.717) is 0 Å². The predicted molar refractivity (Wildman–Crippen MR) is 44.9 cm³/mol. The molecule has 2 N–H and O–H groups in total. The molecule has 0 saturated carbocycles. The third kappa shape index (κ3) is 2.22. The average Bonchev–Trinajstić information content (AvgIpc) is 2.04. The molecule has 0 saturated heterocycles. The van der Waals surface area contributed by atoms with Crippen LogP contribution < -0.4 is 5.73 Å². The van der Waals surface area contributed by atoms with Gasteiger partial charge < -0.3 is 5.73 Å². The SMILES string of the molecule is NC(c1ccc(Br)cn1)C(F)F. The van der Waals surface area contributed by atoms with E-state index in [1.165, 1.54) is 12.3 Å². The van der Waals surface area contributed by atoms with Crippen molar-refractivity contribution in [2.45, 2.75) is 12.5 Å². The van der Waals surface area contributed by atoms with E-state index in [2.05, 4.69) is 20.9 Å². The van der Waals surface area contributed by atoms with Crippen molar-refractivity contribution in [3.05, 3.63) is 28.5 Å². The summed E-state index contributed by atoms with van der Waals surface area (Å²) in [7, 11) is 0. The zero-order valence-corrected chi connectivity index (χ0v) is 7.63. The molecule has 0 aliphatic carbocycles. The smallest absolute Gasteiger partial charge is 0.259 e. The number of alkyl halides is 2. The van der Waals surface area contributed by atoms with Crippen LogP contribution in [0, 0.1) is 0 Å². The molecule has 1 rings (SSSR count). The summed E-state index contributed by atoms with van der Waals surface area (Å²) in [5.74, 6) is 0. The molecule has 1 atom stereocenters. The summed E-state index contributed by atoms with van der Waals surface area (Å²) in [5.41, 5.74) is 5.36. The van der Waals surface area contributed by atoms with Crippen molar-refractivity contribution in [2.75, 3.05) is 0 Å². The minimum absolute atomic E-state index is 0.202. The Morgan fingerprint density at radius 2 is 2.08 bits per heavy atom. The van der Waals surface area contributed by atoms with Crippen LogP contribution in [0.3, 0.4) is 0 Å². The van der Waals surface area contributed by atoms with Gasteiger partial charge >= 0.3 is 0 Å². The van der Waals surface area contributed by atoms with E-state index >= 15 is 0 Å². The Hall–Kier alpha value is -0.550. The van der Waals surface area contributed by atoms with Crippen LogP contribution in [0.2, 0.25) is 0 Å². The molecule has 0 radical (unpaired) electrons. The van der Waals surface area contributed by atoms with Crippen LogP contribution >= 0.6 is 15.9 Å². The fourth-order valence-electron chi connectivity index (χ4n) is 0.714. The maximum atomic E-state index is 12.0. The lowest BCUT2D eigenvalue weighted by molar-refractivity contribution is 0.114. The Balaban J connectivity index is 2.82. The van der Waals surface area contributed by atoms with E-state index in [9.17, 15) is 8.78 Å².